The minimum atomic E-state index is 0.544. The molecule has 0 aliphatic heterocycles. The molecule has 11 rings (SSSR count). The van der Waals surface area contributed by atoms with Crippen LogP contribution in [-0.2, 0) is 0 Å². The Morgan fingerprint density at radius 3 is 1.53 bits per heavy atom. The molecule has 3 heterocycles. The molecule has 0 N–H and O–H groups in total. The van der Waals surface area contributed by atoms with Gasteiger partial charge in [-0.1, -0.05) is 127 Å². The van der Waals surface area contributed by atoms with Gasteiger partial charge in [-0.15, -0.1) is 0 Å². The molecule has 0 aliphatic carbocycles. The summed E-state index contributed by atoms with van der Waals surface area (Å²) in [6.45, 7) is 16.2. The first kappa shape index (κ1) is 30.7. The summed E-state index contributed by atoms with van der Waals surface area (Å²) in [7, 11) is 0. The Hall–Kier alpha value is -7.86. The largest absolute Gasteiger partial charge is 0.320 e. The molecule has 0 bridgehead atoms. The van der Waals surface area contributed by atoms with Crippen LogP contribution < -0.4 is 0 Å². The van der Waals surface area contributed by atoms with Crippen molar-refractivity contribution >= 4 is 76.8 Å². The molecular weight excluding hydrogens is 671 g/mol. The van der Waals surface area contributed by atoms with Crippen molar-refractivity contribution in [2.24, 2.45) is 0 Å². The molecule has 0 saturated heterocycles. The van der Waals surface area contributed by atoms with Crippen molar-refractivity contribution in [3.05, 3.63) is 199 Å². The van der Waals surface area contributed by atoms with Gasteiger partial charge in [0.2, 0.25) is 5.69 Å². The molecule has 0 atom stereocenters. The highest BCUT2D eigenvalue weighted by molar-refractivity contribution is 6.17. The van der Waals surface area contributed by atoms with Gasteiger partial charge in [-0.3, -0.25) is 0 Å². The van der Waals surface area contributed by atoms with Gasteiger partial charge >= 0.3 is 0 Å². The predicted molar refractivity (Wildman–Crippen MR) is 227 cm³/mol. The molecule has 8 aromatic carbocycles. The molecule has 0 unspecified atom stereocenters. The van der Waals surface area contributed by atoms with Crippen LogP contribution in [0.2, 0.25) is 0 Å². The van der Waals surface area contributed by atoms with Crippen LogP contribution in [0.15, 0.2) is 176 Å². The van der Waals surface area contributed by atoms with Crippen molar-refractivity contribution in [1.29, 1.82) is 0 Å². The van der Waals surface area contributed by atoms with E-state index in [1.807, 2.05) is 36.4 Å². The standard InChI is InChI=1S/C50H29N5/c1-51-39-30-29-32(31-48(39)54-45-26-12-7-19-38(45)49-40(52-2)21-14-27-46(49)54)33-15-3-8-22-41(33)55-44-25-11-6-18-36(44)37-20-13-28-47(50(37)55)53-42-23-9-4-16-34(42)35-17-5-10-24-43(35)53/h3-31H. The topological polar surface area (TPSA) is 23.5 Å². The zero-order chi connectivity index (χ0) is 36.6. The first-order valence-corrected chi connectivity index (χ1v) is 18.3. The molecule has 5 heteroatoms. The maximum atomic E-state index is 8.26. The Kier molecular flexibility index (Phi) is 6.61. The van der Waals surface area contributed by atoms with Gasteiger partial charge in [-0.05, 0) is 59.5 Å². The molecule has 0 spiro atoms. The Labute approximate surface area is 316 Å². The normalized spacial score (nSPS) is 11.6. The summed E-state index contributed by atoms with van der Waals surface area (Å²) < 4.78 is 6.98. The Morgan fingerprint density at radius 2 is 0.836 bits per heavy atom. The van der Waals surface area contributed by atoms with E-state index in [4.69, 9.17) is 13.1 Å². The molecule has 0 fully saturated rings. The van der Waals surface area contributed by atoms with Gasteiger partial charge < -0.3 is 13.7 Å². The van der Waals surface area contributed by atoms with Crippen LogP contribution in [0.1, 0.15) is 0 Å². The van der Waals surface area contributed by atoms with E-state index >= 15 is 0 Å². The molecular formula is C50H29N5. The van der Waals surface area contributed by atoms with Crippen molar-refractivity contribution in [3.63, 3.8) is 0 Å². The second-order valence-corrected chi connectivity index (χ2v) is 13.9. The van der Waals surface area contributed by atoms with Crippen LogP contribution in [0.5, 0.6) is 0 Å². The quantitative estimate of drug-likeness (QED) is 0.163. The summed E-state index contributed by atoms with van der Waals surface area (Å²) in [5.74, 6) is 0. The lowest BCUT2D eigenvalue weighted by molar-refractivity contribution is 1.13. The average Bonchev–Trinajstić information content (AvgIpc) is 3.89. The van der Waals surface area contributed by atoms with Crippen molar-refractivity contribution in [2.75, 3.05) is 0 Å². The molecule has 0 saturated carbocycles. The lowest BCUT2D eigenvalue weighted by Crippen LogP contribution is -2.02. The van der Waals surface area contributed by atoms with E-state index in [0.29, 0.717) is 11.4 Å². The van der Waals surface area contributed by atoms with E-state index in [2.05, 4.69) is 163 Å². The Morgan fingerprint density at radius 1 is 0.345 bits per heavy atom. The van der Waals surface area contributed by atoms with E-state index in [0.717, 1.165) is 72.1 Å². The maximum absolute atomic E-state index is 8.26. The van der Waals surface area contributed by atoms with Crippen LogP contribution in [-0.4, -0.2) is 13.7 Å². The van der Waals surface area contributed by atoms with Gasteiger partial charge in [0.15, 0.2) is 5.69 Å². The van der Waals surface area contributed by atoms with Gasteiger partial charge in [0.25, 0.3) is 0 Å². The second kappa shape index (κ2) is 11.8. The predicted octanol–water partition coefficient (Wildman–Crippen LogP) is 13.7. The van der Waals surface area contributed by atoms with Crippen molar-refractivity contribution in [3.8, 4) is 28.2 Å². The minimum absolute atomic E-state index is 0.544. The molecule has 0 amide bonds. The molecule has 3 aromatic heterocycles. The fourth-order valence-corrected chi connectivity index (χ4v) is 8.84. The molecule has 0 radical (unpaired) electrons. The highest BCUT2D eigenvalue weighted by Crippen LogP contribution is 2.44. The summed E-state index contributed by atoms with van der Waals surface area (Å²) >= 11 is 0. The lowest BCUT2D eigenvalue weighted by Gasteiger charge is -2.18. The van der Waals surface area contributed by atoms with Gasteiger partial charge in [-0.2, -0.15) is 0 Å². The molecule has 5 nitrogen and oxygen atoms in total. The number of para-hydroxylation sites is 6. The summed E-state index contributed by atoms with van der Waals surface area (Å²) in [6.07, 6.45) is 0. The fourth-order valence-electron chi connectivity index (χ4n) is 8.84. The van der Waals surface area contributed by atoms with E-state index in [-0.39, 0.29) is 0 Å². The first-order valence-electron chi connectivity index (χ1n) is 18.3. The zero-order valence-electron chi connectivity index (χ0n) is 29.5. The molecule has 254 valence electrons. The maximum Gasteiger partial charge on any atom is 0.210 e. The van der Waals surface area contributed by atoms with E-state index in [1.165, 1.54) is 21.5 Å². The van der Waals surface area contributed by atoms with Gasteiger partial charge in [-0.25, -0.2) is 9.69 Å². The lowest BCUT2D eigenvalue weighted by atomic mass is 10.0. The number of rotatable bonds is 4. The number of nitrogens with zero attached hydrogens (tertiary/aromatic N) is 5. The van der Waals surface area contributed by atoms with Crippen LogP contribution in [0.4, 0.5) is 11.4 Å². The van der Waals surface area contributed by atoms with Crippen molar-refractivity contribution < 1.29 is 0 Å². The number of aromatic nitrogens is 3. The zero-order valence-corrected chi connectivity index (χ0v) is 29.5. The van der Waals surface area contributed by atoms with Crippen LogP contribution >= 0.6 is 0 Å². The summed E-state index contributed by atoms with van der Waals surface area (Å²) in [5.41, 5.74) is 12.5. The third-order valence-electron chi connectivity index (χ3n) is 11.1. The van der Waals surface area contributed by atoms with Crippen LogP contribution in [0, 0.1) is 13.1 Å². The number of hydrogen-bond acceptors (Lipinski definition) is 0. The minimum Gasteiger partial charge on any atom is -0.320 e. The third kappa shape index (κ3) is 4.33. The summed E-state index contributed by atoms with van der Waals surface area (Å²) in [5, 5.41) is 6.69. The van der Waals surface area contributed by atoms with Crippen LogP contribution in [0.25, 0.3) is 103 Å². The third-order valence-corrected chi connectivity index (χ3v) is 11.1. The number of benzene rings is 8. The second-order valence-electron chi connectivity index (χ2n) is 13.9. The smallest absolute Gasteiger partial charge is 0.210 e. The molecule has 11 aromatic rings. The number of hydrogen-bond donors (Lipinski definition) is 0. The van der Waals surface area contributed by atoms with Gasteiger partial charge in [0, 0.05) is 38.0 Å². The van der Waals surface area contributed by atoms with Crippen LogP contribution in [0.3, 0.4) is 0 Å². The molecule has 0 aliphatic rings. The van der Waals surface area contributed by atoms with Gasteiger partial charge in [0.1, 0.15) is 0 Å². The van der Waals surface area contributed by atoms with Gasteiger partial charge in [0.05, 0.1) is 57.8 Å². The average molecular weight is 700 g/mol. The van der Waals surface area contributed by atoms with Crippen molar-refractivity contribution in [2.45, 2.75) is 0 Å². The highest BCUT2D eigenvalue weighted by atomic mass is 15.1. The Bertz CT molecular complexity index is 3420. The summed E-state index contributed by atoms with van der Waals surface area (Å²) in [4.78, 5) is 7.91. The van der Waals surface area contributed by atoms with E-state index in [1.54, 1.807) is 0 Å². The van der Waals surface area contributed by atoms with E-state index < -0.39 is 0 Å². The molecule has 55 heavy (non-hydrogen) atoms. The summed E-state index contributed by atoms with van der Waals surface area (Å²) in [6, 6.07) is 61.3. The SMILES string of the molecule is [C-]#[N+]c1ccc(-c2ccccc2-n2c3ccccc3c3cccc(-n4c5ccccc5c5ccccc54)c32)cc1-n1c2ccccc2c2c([N+]#[C-])cccc21. The van der Waals surface area contributed by atoms with Crippen molar-refractivity contribution in [1.82, 2.24) is 13.7 Å². The monoisotopic (exact) mass is 699 g/mol. The first-order chi connectivity index (χ1) is 27.2. The van der Waals surface area contributed by atoms with E-state index in [9.17, 15) is 0 Å². The Balaban J connectivity index is 1.22. The highest BCUT2D eigenvalue weighted by Gasteiger charge is 2.22. The fraction of sp³-hybridized carbons (Fsp3) is 0. The number of fused-ring (bicyclic) bond motifs is 9.